The smallest absolute Gasteiger partial charge is 0.213 e. The van der Waals surface area contributed by atoms with E-state index < -0.39 is 0 Å². The fourth-order valence-electron chi connectivity index (χ4n) is 1.12. The lowest BCUT2D eigenvalue weighted by Crippen LogP contribution is -2.12. The summed E-state index contributed by atoms with van der Waals surface area (Å²) in [4.78, 5) is 4.03. The van der Waals surface area contributed by atoms with Crippen molar-refractivity contribution in [2.45, 2.75) is 6.54 Å². The van der Waals surface area contributed by atoms with Crippen molar-refractivity contribution in [3.8, 4) is 5.88 Å². The molecule has 82 valence electrons. The van der Waals surface area contributed by atoms with E-state index in [9.17, 15) is 0 Å². The van der Waals surface area contributed by atoms with Gasteiger partial charge in [-0.1, -0.05) is 12.2 Å². The van der Waals surface area contributed by atoms with Crippen molar-refractivity contribution < 1.29 is 4.74 Å². The minimum absolute atomic E-state index is 0.560. The van der Waals surface area contributed by atoms with Crippen molar-refractivity contribution in [2.24, 2.45) is 0 Å². The summed E-state index contributed by atoms with van der Waals surface area (Å²) < 4.78 is 5.03. The van der Waals surface area contributed by atoms with Gasteiger partial charge in [0.15, 0.2) is 0 Å². The molecule has 0 radical (unpaired) electrons. The molecule has 1 N–H and O–H groups in total. The van der Waals surface area contributed by atoms with Crippen molar-refractivity contribution in [1.29, 1.82) is 0 Å². The predicted octanol–water partition coefficient (Wildman–Crippen LogP) is 1.97. The van der Waals surface area contributed by atoms with E-state index >= 15 is 0 Å². The molecule has 0 unspecified atom stereocenters. The molecule has 0 aliphatic rings. The molecule has 0 atom stereocenters. The van der Waals surface area contributed by atoms with E-state index in [1.807, 2.05) is 24.3 Å². The average Bonchev–Trinajstić information content (AvgIpc) is 2.29. The van der Waals surface area contributed by atoms with Crippen LogP contribution in [0.5, 0.6) is 5.88 Å². The summed E-state index contributed by atoms with van der Waals surface area (Å²) in [7, 11) is 1.61. The minimum atomic E-state index is 0.560. The van der Waals surface area contributed by atoms with E-state index in [4.69, 9.17) is 16.3 Å². The van der Waals surface area contributed by atoms with Gasteiger partial charge < -0.3 is 10.1 Å². The Morgan fingerprint density at radius 3 is 3.13 bits per heavy atom. The third-order valence-electron chi connectivity index (χ3n) is 1.86. The van der Waals surface area contributed by atoms with Crippen LogP contribution in [0.15, 0.2) is 30.5 Å². The largest absolute Gasteiger partial charge is 0.481 e. The highest BCUT2D eigenvalue weighted by atomic mass is 35.5. The Bertz CT molecular complexity index is 315. The Labute approximate surface area is 95.1 Å². The van der Waals surface area contributed by atoms with Gasteiger partial charge in [0.2, 0.25) is 5.88 Å². The summed E-state index contributed by atoms with van der Waals surface area (Å²) in [5.74, 6) is 1.20. The number of pyridine rings is 1. The first-order valence-corrected chi connectivity index (χ1v) is 5.31. The SMILES string of the molecule is COc1cc(CNC/C=C/CCl)ccn1. The zero-order chi connectivity index (χ0) is 10.9. The molecule has 1 heterocycles. The van der Waals surface area contributed by atoms with Crippen LogP contribution in [0.2, 0.25) is 0 Å². The number of allylic oxidation sites excluding steroid dienone is 1. The number of hydrogen-bond acceptors (Lipinski definition) is 3. The fraction of sp³-hybridized carbons (Fsp3) is 0.364. The zero-order valence-electron chi connectivity index (χ0n) is 8.74. The summed E-state index contributed by atoms with van der Waals surface area (Å²) in [5.41, 5.74) is 1.15. The number of methoxy groups -OCH3 is 1. The van der Waals surface area contributed by atoms with Gasteiger partial charge in [0.25, 0.3) is 0 Å². The van der Waals surface area contributed by atoms with Gasteiger partial charge >= 0.3 is 0 Å². The number of rotatable bonds is 6. The van der Waals surface area contributed by atoms with E-state index in [1.165, 1.54) is 0 Å². The van der Waals surface area contributed by atoms with Crippen molar-refractivity contribution in [2.75, 3.05) is 19.5 Å². The standard InChI is InChI=1S/C11H15ClN2O/c1-15-11-8-10(4-7-14-11)9-13-6-3-2-5-12/h2-4,7-8,13H,5-6,9H2,1H3/b3-2+. The van der Waals surface area contributed by atoms with Crippen LogP contribution in [-0.4, -0.2) is 24.5 Å². The van der Waals surface area contributed by atoms with E-state index in [-0.39, 0.29) is 0 Å². The highest BCUT2D eigenvalue weighted by Crippen LogP contribution is 2.07. The Balaban J connectivity index is 2.33. The van der Waals surface area contributed by atoms with Crippen LogP contribution in [0, 0.1) is 0 Å². The van der Waals surface area contributed by atoms with Gasteiger partial charge in [0, 0.05) is 31.2 Å². The minimum Gasteiger partial charge on any atom is -0.481 e. The molecule has 0 saturated carbocycles. The monoisotopic (exact) mass is 226 g/mol. The Kier molecular flexibility index (Phi) is 5.81. The summed E-state index contributed by atoms with van der Waals surface area (Å²) in [5, 5.41) is 3.26. The Hall–Kier alpha value is -1.06. The highest BCUT2D eigenvalue weighted by Gasteiger charge is 1.95. The third kappa shape index (κ3) is 4.81. The molecule has 0 bridgehead atoms. The first-order chi connectivity index (χ1) is 7.36. The summed E-state index contributed by atoms with van der Waals surface area (Å²) in [6.07, 6.45) is 5.66. The lowest BCUT2D eigenvalue weighted by molar-refractivity contribution is 0.397. The highest BCUT2D eigenvalue weighted by molar-refractivity contribution is 6.18. The second-order valence-corrected chi connectivity index (χ2v) is 3.27. The second kappa shape index (κ2) is 7.26. The van der Waals surface area contributed by atoms with E-state index in [2.05, 4.69) is 10.3 Å². The Morgan fingerprint density at radius 1 is 1.53 bits per heavy atom. The third-order valence-corrected chi connectivity index (χ3v) is 2.03. The van der Waals surface area contributed by atoms with Gasteiger partial charge in [-0.2, -0.15) is 0 Å². The molecule has 0 aliphatic heterocycles. The maximum Gasteiger partial charge on any atom is 0.213 e. The van der Waals surface area contributed by atoms with Gasteiger partial charge in [0.05, 0.1) is 7.11 Å². The molecule has 1 aromatic heterocycles. The van der Waals surface area contributed by atoms with Crippen LogP contribution in [-0.2, 0) is 6.54 Å². The van der Waals surface area contributed by atoms with Crippen LogP contribution in [0.3, 0.4) is 0 Å². The van der Waals surface area contributed by atoms with Crippen LogP contribution in [0.1, 0.15) is 5.56 Å². The molecule has 1 rings (SSSR count). The van der Waals surface area contributed by atoms with Crippen molar-refractivity contribution in [3.63, 3.8) is 0 Å². The molecule has 1 aromatic rings. The Morgan fingerprint density at radius 2 is 2.40 bits per heavy atom. The van der Waals surface area contributed by atoms with Gasteiger partial charge in [-0.3, -0.25) is 0 Å². The predicted molar refractivity (Wildman–Crippen MR) is 62.4 cm³/mol. The molecule has 0 spiro atoms. The van der Waals surface area contributed by atoms with Crippen LogP contribution in [0.4, 0.5) is 0 Å². The van der Waals surface area contributed by atoms with Crippen LogP contribution in [0.25, 0.3) is 0 Å². The molecular weight excluding hydrogens is 212 g/mol. The van der Waals surface area contributed by atoms with Crippen molar-refractivity contribution >= 4 is 11.6 Å². The maximum absolute atomic E-state index is 5.50. The van der Waals surface area contributed by atoms with Crippen molar-refractivity contribution in [3.05, 3.63) is 36.0 Å². The summed E-state index contributed by atoms with van der Waals surface area (Å²) >= 11 is 5.50. The maximum atomic E-state index is 5.50. The second-order valence-electron chi connectivity index (χ2n) is 2.96. The molecular formula is C11H15ClN2O. The van der Waals surface area contributed by atoms with Gasteiger partial charge in [-0.05, 0) is 11.6 Å². The molecule has 0 aliphatic carbocycles. The molecule has 4 heteroatoms. The topological polar surface area (TPSA) is 34.1 Å². The van der Waals surface area contributed by atoms with E-state index in [0.29, 0.717) is 11.8 Å². The average molecular weight is 227 g/mol. The van der Waals surface area contributed by atoms with Crippen molar-refractivity contribution in [1.82, 2.24) is 10.3 Å². The normalized spacial score (nSPS) is 10.8. The molecule has 0 amide bonds. The molecule has 3 nitrogen and oxygen atoms in total. The lowest BCUT2D eigenvalue weighted by Gasteiger charge is -2.03. The number of nitrogens with one attached hydrogen (secondary N) is 1. The van der Waals surface area contributed by atoms with Gasteiger partial charge in [-0.15, -0.1) is 11.6 Å². The number of halogens is 1. The summed E-state index contributed by atoms with van der Waals surface area (Å²) in [6, 6.07) is 3.87. The first kappa shape index (κ1) is 12.0. The fourth-order valence-corrected chi connectivity index (χ4v) is 1.24. The zero-order valence-corrected chi connectivity index (χ0v) is 9.50. The summed E-state index contributed by atoms with van der Waals surface area (Å²) in [6.45, 7) is 1.61. The molecule has 0 saturated heterocycles. The van der Waals surface area contributed by atoms with Gasteiger partial charge in [-0.25, -0.2) is 4.98 Å². The quantitative estimate of drug-likeness (QED) is 0.458. The number of ether oxygens (including phenoxy) is 1. The first-order valence-electron chi connectivity index (χ1n) is 4.77. The van der Waals surface area contributed by atoms with E-state index in [0.717, 1.165) is 18.7 Å². The molecule has 0 fully saturated rings. The number of nitrogens with zero attached hydrogens (tertiary/aromatic N) is 1. The van der Waals surface area contributed by atoms with Gasteiger partial charge in [0.1, 0.15) is 0 Å². The molecule has 15 heavy (non-hydrogen) atoms. The number of hydrogen-bond donors (Lipinski definition) is 1. The lowest BCUT2D eigenvalue weighted by atomic mass is 10.2. The number of alkyl halides is 1. The van der Waals surface area contributed by atoms with Crippen LogP contribution < -0.4 is 10.1 Å². The molecule has 0 aromatic carbocycles. The van der Waals surface area contributed by atoms with Crippen LogP contribution >= 0.6 is 11.6 Å². The number of aromatic nitrogens is 1. The van der Waals surface area contributed by atoms with E-state index in [1.54, 1.807) is 13.3 Å².